The Morgan fingerprint density at radius 3 is 2.30 bits per heavy atom. The highest BCUT2D eigenvalue weighted by molar-refractivity contribution is 6.21. The van der Waals surface area contributed by atoms with Gasteiger partial charge in [-0.25, -0.2) is 0 Å². The molecular weight excluding hydrogens is 252 g/mol. The standard InChI is InChI=1S/C16H14N2O2/c1-11-10-12(6-8-17-11)7-9-18-15(19)13-4-2-3-5-14(13)16(18)20/h2-6,8,10H,7,9H2,1H3. The number of aryl methyl sites for hydroxylation is 1. The molecule has 2 heterocycles. The molecule has 3 rings (SSSR count). The fourth-order valence-electron chi connectivity index (χ4n) is 2.44. The Bertz CT molecular complexity index is 659. The number of hydrogen-bond acceptors (Lipinski definition) is 3. The molecule has 0 aliphatic carbocycles. The van der Waals surface area contributed by atoms with E-state index in [-0.39, 0.29) is 11.8 Å². The van der Waals surface area contributed by atoms with E-state index in [0.29, 0.717) is 24.1 Å². The van der Waals surface area contributed by atoms with Gasteiger partial charge in [-0.2, -0.15) is 0 Å². The highest BCUT2D eigenvalue weighted by Crippen LogP contribution is 2.22. The van der Waals surface area contributed by atoms with E-state index in [4.69, 9.17) is 0 Å². The topological polar surface area (TPSA) is 50.3 Å². The van der Waals surface area contributed by atoms with Crippen molar-refractivity contribution in [3.63, 3.8) is 0 Å². The van der Waals surface area contributed by atoms with Crippen LogP contribution in [0.3, 0.4) is 0 Å². The Labute approximate surface area is 117 Å². The lowest BCUT2D eigenvalue weighted by molar-refractivity contribution is 0.0656. The van der Waals surface area contributed by atoms with E-state index in [1.807, 2.05) is 19.1 Å². The van der Waals surface area contributed by atoms with Gasteiger partial charge in [-0.15, -0.1) is 0 Å². The molecule has 0 saturated heterocycles. The van der Waals surface area contributed by atoms with Gasteiger partial charge in [0.15, 0.2) is 0 Å². The van der Waals surface area contributed by atoms with E-state index in [1.54, 1.807) is 30.5 Å². The summed E-state index contributed by atoms with van der Waals surface area (Å²) in [5.41, 5.74) is 3.02. The molecule has 0 radical (unpaired) electrons. The van der Waals surface area contributed by atoms with Crippen LogP contribution in [-0.2, 0) is 6.42 Å². The average Bonchev–Trinajstić information content (AvgIpc) is 2.70. The fraction of sp³-hybridized carbons (Fsp3) is 0.188. The summed E-state index contributed by atoms with van der Waals surface area (Å²) in [6.45, 7) is 2.32. The molecule has 0 atom stereocenters. The van der Waals surface area contributed by atoms with Crippen LogP contribution in [0.1, 0.15) is 32.0 Å². The minimum atomic E-state index is -0.198. The molecule has 0 fully saturated rings. The van der Waals surface area contributed by atoms with Gasteiger partial charge < -0.3 is 0 Å². The summed E-state index contributed by atoms with van der Waals surface area (Å²) < 4.78 is 0. The Hall–Kier alpha value is -2.49. The number of fused-ring (bicyclic) bond motifs is 1. The maximum absolute atomic E-state index is 12.2. The highest BCUT2D eigenvalue weighted by atomic mass is 16.2. The predicted octanol–water partition coefficient (Wildman–Crippen LogP) is 2.23. The van der Waals surface area contributed by atoms with E-state index < -0.39 is 0 Å². The van der Waals surface area contributed by atoms with E-state index >= 15 is 0 Å². The molecule has 1 aliphatic rings. The molecule has 20 heavy (non-hydrogen) atoms. The molecule has 0 saturated carbocycles. The second kappa shape index (κ2) is 4.89. The van der Waals surface area contributed by atoms with E-state index in [0.717, 1.165) is 11.3 Å². The summed E-state index contributed by atoms with van der Waals surface area (Å²) in [5, 5.41) is 0. The third-order valence-electron chi connectivity index (χ3n) is 3.46. The van der Waals surface area contributed by atoms with Crippen LogP contribution in [0.15, 0.2) is 42.6 Å². The lowest BCUT2D eigenvalue weighted by Crippen LogP contribution is -2.31. The first-order chi connectivity index (χ1) is 9.66. The van der Waals surface area contributed by atoms with Crippen LogP contribution in [0.2, 0.25) is 0 Å². The quantitative estimate of drug-likeness (QED) is 0.800. The Morgan fingerprint density at radius 1 is 1.05 bits per heavy atom. The SMILES string of the molecule is Cc1cc(CCN2C(=O)c3ccccc3C2=O)ccn1. The van der Waals surface area contributed by atoms with Crippen molar-refractivity contribution >= 4 is 11.8 Å². The largest absolute Gasteiger partial charge is 0.274 e. The second-order valence-corrected chi connectivity index (χ2v) is 4.86. The Morgan fingerprint density at radius 2 is 1.70 bits per heavy atom. The first kappa shape index (κ1) is 12.5. The van der Waals surface area contributed by atoms with Crippen LogP contribution in [0.4, 0.5) is 0 Å². The van der Waals surface area contributed by atoms with Crippen molar-refractivity contribution in [1.82, 2.24) is 9.88 Å². The van der Waals surface area contributed by atoms with Crippen molar-refractivity contribution in [1.29, 1.82) is 0 Å². The molecule has 0 bridgehead atoms. The van der Waals surface area contributed by atoms with Gasteiger partial charge in [0.25, 0.3) is 11.8 Å². The van der Waals surface area contributed by atoms with Crippen molar-refractivity contribution in [2.45, 2.75) is 13.3 Å². The Balaban J connectivity index is 1.77. The molecule has 100 valence electrons. The van der Waals surface area contributed by atoms with Crippen molar-refractivity contribution in [3.8, 4) is 0 Å². The molecule has 1 aromatic heterocycles. The number of hydrogen-bond donors (Lipinski definition) is 0. The van der Waals surface area contributed by atoms with Gasteiger partial charge in [0.2, 0.25) is 0 Å². The summed E-state index contributed by atoms with van der Waals surface area (Å²) >= 11 is 0. The second-order valence-electron chi connectivity index (χ2n) is 4.86. The summed E-state index contributed by atoms with van der Waals surface area (Å²) in [7, 11) is 0. The number of imide groups is 1. The fourth-order valence-corrected chi connectivity index (χ4v) is 2.44. The van der Waals surface area contributed by atoms with Crippen molar-refractivity contribution in [2.75, 3.05) is 6.54 Å². The molecule has 2 amide bonds. The third-order valence-corrected chi connectivity index (χ3v) is 3.46. The maximum atomic E-state index is 12.2. The number of rotatable bonds is 3. The third kappa shape index (κ3) is 2.09. The minimum Gasteiger partial charge on any atom is -0.274 e. The molecule has 4 nitrogen and oxygen atoms in total. The number of benzene rings is 1. The van der Waals surface area contributed by atoms with E-state index in [1.165, 1.54) is 4.90 Å². The first-order valence-electron chi connectivity index (χ1n) is 6.53. The number of carbonyl (C=O) groups excluding carboxylic acids is 2. The minimum absolute atomic E-state index is 0.198. The molecule has 0 spiro atoms. The van der Waals surface area contributed by atoms with E-state index in [9.17, 15) is 9.59 Å². The summed E-state index contributed by atoms with van der Waals surface area (Å²) in [6, 6.07) is 10.8. The van der Waals surface area contributed by atoms with Gasteiger partial charge in [0, 0.05) is 18.4 Å². The van der Waals surface area contributed by atoms with Crippen LogP contribution in [0, 0.1) is 6.92 Å². The summed E-state index contributed by atoms with van der Waals surface area (Å²) in [4.78, 5) is 29.8. The van der Waals surface area contributed by atoms with E-state index in [2.05, 4.69) is 4.98 Å². The zero-order valence-corrected chi connectivity index (χ0v) is 11.2. The van der Waals surface area contributed by atoms with Gasteiger partial charge in [-0.1, -0.05) is 12.1 Å². The monoisotopic (exact) mass is 266 g/mol. The summed E-state index contributed by atoms with van der Waals surface area (Å²) in [6.07, 6.45) is 2.39. The van der Waals surface area contributed by atoms with Crippen LogP contribution in [-0.4, -0.2) is 28.2 Å². The average molecular weight is 266 g/mol. The highest BCUT2D eigenvalue weighted by Gasteiger charge is 2.34. The summed E-state index contributed by atoms with van der Waals surface area (Å²) in [5.74, 6) is -0.396. The number of aromatic nitrogens is 1. The number of nitrogens with zero attached hydrogens (tertiary/aromatic N) is 2. The van der Waals surface area contributed by atoms with Crippen LogP contribution in [0.5, 0.6) is 0 Å². The van der Waals surface area contributed by atoms with Crippen LogP contribution in [0.25, 0.3) is 0 Å². The van der Waals surface area contributed by atoms with Crippen LogP contribution < -0.4 is 0 Å². The maximum Gasteiger partial charge on any atom is 0.261 e. The van der Waals surface area contributed by atoms with Crippen LogP contribution >= 0.6 is 0 Å². The molecule has 1 aromatic carbocycles. The zero-order chi connectivity index (χ0) is 14.1. The van der Waals surface area contributed by atoms with Gasteiger partial charge in [0.05, 0.1) is 11.1 Å². The Kier molecular flexibility index (Phi) is 3.06. The number of amides is 2. The smallest absolute Gasteiger partial charge is 0.261 e. The predicted molar refractivity (Wildman–Crippen MR) is 74.5 cm³/mol. The molecule has 0 unspecified atom stereocenters. The first-order valence-corrected chi connectivity index (χ1v) is 6.53. The molecule has 2 aromatic rings. The normalized spacial score (nSPS) is 13.8. The molecular formula is C16H14N2O2. The molecule has 1 aliphatic heterocycles. The van der Waals surface area contributed by atoms with Gasteiger partial charge in [0.1, 0.15) is 0 Å². The lowest BCUT2D eigenvalue weighted by Gasteiger charge is -2.13. The van der Waals surface area contributed by atoms with Gasteiger partial charge >= 0.3 is 0 Å². The van der Waals surface area contributed by atoms with Gasteiger partial charge in [-0.3, -0.25) is 19.5 Å². The molecule has 0 N–H and O–H groups in total. The van der Waals surface area contributed by atoms with Crippen molar-refractivity contribution < 1.29 is 9.59 Å². The zero-order valence-electron chi connectivity index (χ0n) is 11.2. The lowest BCUT2D eigenvalue weighted by atomic mass is 10.1. The van der Waals surface area contributed by atoms with Crippen molar-refractivity contribution in [2.24, 2.45) is 0 Å². The van der Waals surface area contributed by atoms with Gasteiger partial charge in [-0.05, 0) is 43.2 Å². The number of carbonyl (C=O) groups is 2. The number of pyridine rings is 1. The molecule has 4 heteroatoms. The van der Waals surface area contributed by atoms with Crippen molar-refractivity contribution in [3.05, 3.63) is 65.0 Å².